The third-order valence-corrected chi connectivity index (χ3v) is 4.94. The van der Waals surface area contributed by atoms with Gasteiger partial charge in [-0.15, -0.1) is 0 Å². The highest BCUT2D eigenvalue weighted by Gasteiger charge is 2.25. The highest BCUT2D eigenvalue weighted by atomic mass is 16.2. The molecule has 1 saturated heterocycles. The van der Waals surface area contributed by atoms with E-state index >= 15 is 0 Å². The van der Waals surface area contributed by atoms with Crippen molar-refractivity contribution in [1.29, 1.82) is 0 Å². The van der Waals surface area contributed by atoms with Gasteiger partial charge in [0.15, 0.2) is 0 Å². The zero-order valence-electron chi connectivity index (χ0n) is 18.2. The molecule has 0 atom stereocenters. The van der Waals surface area contributed by atoms with Gasteiger partial charge in [-0.3, -0.25) is 0 Å². The number of benzene rings is 1. The Balaban J connectivity index is 1.72. The Bertz CT molecular complexity index is 663. The first kappa shape index (κ1) is 22.1. The monoisotopic (exact) mass is 388 g/mol. The predicted molar refractivity (Wildman–Crippen MR) is 115 cm³/mol. The van der Waals surface area contributed by atoms with Crippen LogP contribution in [-0.2, 0) is 5.41 Å². The van der Waals surface area contributed by atoms with Crippen LogP contribution in [0.5, 0.6) is 0 Å². The van der Waals surface area contributed by atoms with Crippen molar-refractivity contribution in [1.82, 2.24) is 15.5 Å². The number of hydrogen-bond donors (Lipinski definition) is 3. The topological polar surface area (TPSA) is 73.5 Å². The van der Waals surface area contributed by atoms with Gasteiger partial charge in [-0.05, 0) is 62.6 Å². The highest BCUT2D eigenvalue weighted by Crippen LogP contribution is 2.23. The lowest BCUT2D eigenvalue weighted by atomic mass is 9.87. The van der Waals surface area contributed by atoms with Crippen LogP contribution < -0.4 is 16.0 Å². The van der Waals surface area contributed by atoms with Gasteiger partial charge < -0.3 is 20.9 Å². The third kappa shape index (κ3) is 7.06. The number of likely N-dealkylation sites (tertiary alicyclic amines) is 1. The molecule has 6 heteroatoms. The normalized spacial score (nSPS) is 15.9. The first-order valence-electron chi connectivity index (χ1n) is 10.2. The van der Waals surface area contributed by atoms with Crippen LogP contribution in [-0.4, -0.2) is 42.1 Å². The number of nitrogens with zero attached hydrogens (tertiary/aromatic N) is 1. The summed E-state index contributed by atoms with van der Waals surface area (Å²) in [5, 5.41) is 8.85. The van der Waals surface area contributed by atoms with Gasteiger partial charge in [0.25, 0.3) is 0 Å². The zero-order valence-corrected chi connectivity index (χ0v) is 18.2. The van der Waals surface area contributed by atoms with E-state index in [1.54, 1.807) is 0 Å². The predicted octanol–water partition coefficient (Wildman–Crippen LogP) is 4.33. The van der Waals surface area contributed by atoms with Crippen molar-refractivity contribution in [3.63, 3.8) is 0 Å². The molecule has 1 heterocycles. The minimum absolute atomic E-state index is 0.00430. The summed E-state index contributed by atoms with van der Waals surface area (Å²) in [6, 6.07) is 7.78. The van der Waals surface area contributed by atoms with Gasteiger partial charge in [0.1, 0.15) is 0 Å². The van der Waals surface area contributed by atoms with Gasteiger partial charge in [-0.1, -0.05) is 32.9 Å². The fourth-order valence-electron chi connectivity index (χ4n) is 3.21. The molecule has 1 fully saturated rings. The molecule has 0 spiro atoms. The molecule has 6 nitrogen and oxygen atoms in total. The number of hydrogen-bond acceptors (Lipinski definition) is 2. The average molecular weight is 389 g/mol. The largest absolute Gasteiger partial charge is 0.338 e. The van der Waals surface area contributed by atoms with Crippen molar-refractivity contribution < 1.29 is 9.59 Å². The van der Waals surface area contributed by atoms with E-state index < -0.39 is 0 Å². The molecule has 0 bridgehead atoms. The minimum Gasteiger partial charge on any atom is -0.338 e. The fourth-order valence-corrected chi connectivity index (χ4v) is 3.21. The van der Waals surface area contributed by atoms with Gasteiger partial charge in [-0.25, -0.2) is 9.59 Å². The average Bonchev–Trinajstić information content (AvgIpc) is 2.58. The van der Waals surface area contributed by atoms with Crippen LogP contribution in [0.4, 0.5) is 15.3 Å². The first-order valence-corrected chi connectivity index (χ1v) is 10.2. The summed E-state index contributed by atoms with van der Waals surface area (Å²) in [6.07, 6.45) is 1.80. The lowest BCUT2D eigenvalue weighted by Gasteiger charge is -2.34. The van der Waals surface area contributed by atoms with Gasteiger partial charge in [0, 0.05) is 30.9 Å². The van der Waals surface area contributed by atoms with E-state index in [1.165, 1.54) is 5.56 Å². The van der Waals surface area contributed by atoms with Crippen molar-refractivity contribution in [2.75, 3.05) is 25.0 Å². The first-order chi connectivity index (χ1) is 12.9. The van der Waals surface area contributed by atoms with Crippen molar-refractivity contribution in [2.24, 2.45) is 5.92 Å². The fraction of sp³-hybridized carbons (Fsp3) is 0.636. The summed E-state index contributed by atoms with van der Waals surface area (Å²) < 4.78 is 0. The molecular formula is C22H36N4O2. The molecule has 1 aromatic carbocycles. The van der Waals surface area contributed by atoms with E-state index in [-0.39, 0.29) is 23.0 Å². The number of piperidine rings is 1. The standard InChI is InChI=1S/C22H36N4O2/c1-21(2,3)17-7-9-18(10-8-17)24-19(27)23-15-16-11-13-26(14-12-16)20(28)25-22(4,5)6/h7-10,16H,11-15H2,1-6H3,(H,25,28)(H2,23,24,27). The second kappa shape index (κ2) is 8.84. The Labute approximate surface area is 169 Å². The summed E-state index contributed by atoms with van der Waals surface area (Å²) in [4.78, 5) is 26.2. The minimum atomic E-state index is -0.224. The maximum Gasteiger partial charge on any atom is 0.319 e. The smallest absolute Gasteiger partial charge is 0.319 e. The number of carbonyl (C=O) groups is 2. The number of nitrogens with one attached hydrogen (secondary N) is 3. The van der Waals surface area contributed by atoms with Crippen LogP contribution in [0.2, 0.25) is 0 Å². The number of amides is 4. The maximum atomic E-state index is 12.2. The number of urea groups is 2. The summed E-state index contributed by atoms with van der Waals surface area (Å²) in [6.45, 7) is 14.5. The molecule has 2 rings (SSSR count). The number of carbonyl (C=O) groups excluding carboxylic acids is 2. The molecule has 3 N–H and O–H groups in total. The van der Waals surface area contributed by atoms with E-state index in [9.17, 15) is 9.59 Å². The Kier molecular flexibility index (Phi) is 6.96. The molecule has 28 heavy (non-hydrogen) atoms. The number of rotatable bonds is 3. The maximum absolute atomic E-state index is 12.2. The molecule has 4 amide bonds. The molecular weight excluding hydrogens is 352 g/mol. The van der Waals surface area contributed by atoms with E-state index in [0.29, 0.717) is 12.5 Å². The second-order valence-electron chi connectivity index (χ2n) is 9.77. The molecule has 0 radical (unpaired) electrons. The van der Waals surface area contributed by atoms with E-state index in [1.807, 2.05) is 49.9 Å². The second-order valence-corrected chi connectivity index (χ2v) is 9.77. The van der Waals surface area contributed by atoms with Crippen molar-refractivity contribution in [2.45, 2.75) is 65.3 Å². The molecule has 1 aliphatic rings. The van der Waals surface area contributed by atoms with Crippen molar-refractivity contribution >= 4 is 17.7 Å². The third-order valence-electron chi connectivity index (χ3n) is 4.94. The van der Waals surface area contributed by atoms with Crippen LogP contribution in [0.15, 0.2) is 24.3 Å². The SMILES string of the molecule is CC(C)(C)NC(=O)N1CCC(CNC(=O)Nc2ccc(C(C)(C)C)cc2)CC1. The van der Waals surface area contributed by atoms with E-state index in [4.69, 9.17) is 0 Å². The molecule has 0 unspecified atom stereocenters. The Morgan fingerprint density at radius 2 is 1.57 bits per heavy atom. The van der Waals surface area contributed by atoms with E-state index in [2.05, 4.69) is 36.7 Å². The number of anilines is 1. The quantitative estimate of drug-likeness (QED) is 0.721. The Morgan fingerprint density at radius 3 is 2.07 bits per heavy atom. The summed E-state index contributed by atoms with van der Waals surface area (Å²) in [5.41, 5.74) is 1.90. The van der Waals surface area contributed by atoms with Crippen LogP contribution in [0.1, 0.15) is 59.9 Å². The van der Waals surface area contributed by atoms with Gasteiger partial charge in [0.2, 0.25) is 0 Å². The Hall–Kier alpha value is -2.24. The van der Waals surface area contributed by atoms with Gasteiger partial charge in [0.05, 0.1) is 0 Å². The molecule has 156 valence electrons. The molecule has 0 saturated carbocycles. The summed E-state index contributed by atoms with van der Waals surface area (Å²) >= 11 is 0. The highest BCUT2D eigenvalue weighted by molar-refractivity contribution is 5.89. The van der Waals surface area contributed by atoms with Crippen molar-refractivity contribution in [3.8, 4) is 0 Å². The molecule has 1 aromatic rings. The van der Waals surface area contributed by atoms with Crippen LogP contribution in [0.25, 0.3) is 0 Å². The van der Waals surface area contributed by atoms with Crippen LogP contribution in [0.3, 0.4) is 0 Å². The zero-order chi connectivity index (χ0) is 20.9. The summed E-state index contributed by atoms with van der Waals surface area (Å²) in [7, 11) is 0. The van der Waals surface area contributed by atoms with Crippen molar-refractivity contribution in [3.05, 3.63) is 29.8 Å². The Morgan fingerprint density at radius 1 is 1.00 bits per heavy atom. The lowest BCUT2D eigenvalue weighted by Crippen LogP contribution is -2.51. The van der Waals surface area contributed by atoms with Gasteiger partial charge in [-0.2, -0.15) is 0 Å². The van der Waals surface area contributed by atoms with E-state index in [0.717, 1.165) is 31.6 Å². The van der Waals surface area contributed by atoms with Crippen LogP contribution in [0, 0.1) is 5.92 Å². The lowest BCUT2D eigenvalue weighted by molar-refractivity contribution is 0.162. The molecule has 1 aliphatic heterocycles. The molecule has 0 aliphatic carbocycles. The van der Waals surface area contributed by atoms with Crippen LogP contribution >= 0.6 is 0 Å². The summed E-state index contributed by atoms with van der Waals surface area (Å²) in [5.74, 6) is 0.396. The molecule has 0 aromatic heterocycles. The van der Waals surface area contributed by atoms with Gasteiger partial charge >= 0.3 is 12.1 Å².